The van der Waals surface area contributed by atoms with E-state index in [0.717, 1.165) is 37.9 Å². The van der Waals surface area contributed by atoms with Gasteiger partial charge in [-0.15, -0.1) is 0 Å². The summed E-state index contributed by atoms with van der Waals surface area (Å²) in [6.07, 6.45) is 5.73. The fourth-order valence-electron chi connectivity index (χ4n) is 6.54. The van der Waals surface area contributed by atoms with Gasteiger partial charge >= 0.3 is 0 Å². The maximum Gasteiger partial charge on any atom is 0.228 e. The maximum atomic E-state index is 14.1. The van der Waals surface area contributed by atoms with E-state index < -0.39 is 10.8 Å². The van der Waals surface area contributed by atoms with Crippen LogP contribution < -0.4 is 0 Å². The molecule has 0 bridgehead atoms. The van der Waals surface area contributed by atoms with Crippen LogP contribution in [0.25, 0.3) is 0 Å². The van der Waals surface area contributed by atoms with Crippen LogP contribution in [0.1, 0.15) is 128 Å². The van der Waals surface area contributed by atoms with Gasteiger partial charge < -0.3 is 14.5 Å². The SMILES string of the molecule is CCCCSC(=O)CC(C)(C)CC(C)(C)C(=O)N(CCOC(C)C)C1CCN(C(=O)C(C)(C)CC(C)(C)C)CC1. The molecular weight excluding hydrogens is 520 g/mol. The predicted octanol–water partition coefficient (Wildman–Crippen LogP) is 7.59. The third kappa shape index (κ3) is 12.8. The molecule has 0 spiro atoms. The largest absolute Gasteiger partial charge is 0.377 e. The van der Waals surface area contributed by atoms with E-state index in [-0.39, 0.29) is 39.9 Å². The van der Waals surface area contributed by atoms with E-state index in [4.69, 9.17) is 4.74 Å². The number of hydrogen-bond donors (Lipinski definition) is 0. The Morgan fingerprint density at radius 1 is 0.925 bits per heavy atom. The summed E-state index contributed by atoms with van der Waals surface area (Å²) in [7, 11) is 0. The van der Waals surface area contributed by atoms with Gasteiger partial charge in [0.15, 0.2) is 5.12 Å². The molecule has 1 aliphatic rings. The first-order valence-electron chi connectivity index (χ1n) is 15.6. The number of carbonyl (C=O) groups excluding carboxylic acids is 3. The van der Waals surface area contributed by atoms with Gasteiger partial charge in [-0.05, 0) is 56.8 Å². The molecule has 2 amide bonds. The maximum absolute atomic E-state index is 14.1. The summed E-state index contributed by atoms with van der Waals surface area (Å²) in [4.78, 5) is 44.2. The molecular formula is C33H62N2O4S. The van der Waals surface area contributed by atoms with Gasteiger partial charge in [0, 0.05) is 48.7 Å². The van der Waals surface area contributed by atoms with Crippen LogP contribution in [0.2, 0.25) is 0 Å². The molecule has 0 N–H and O–H groups in total. The molecule has 6 nitrogen and oxygen atoms in total. The Kier molecular flexibility index (Phi) is 14.2. The second kappa shape index (κ2) is 15.4. The monoisotopic (exact) mass is 582 g/mol. The number of carbonyl (C=O) groups is 3. The van der Waals surface area contributed by atoms with Crippen LogP contribution in [0.5, 0.6) is 0 Å². The highest BCUT2D eigenvalue weighted by molar-refractivity contribution is 8.13. The number of rotatable bonds is 15. The zero-order valence-electron chi connectivity index (χ0n) is 28.1. The Labute approximate surface area is 251 Å². The topological polar surface area (TPSA) is 66.9 Å². The summed E-state index contributed by atoms with van der Waals surface area (Å²) in [6, 6.07) is 0.0756. The van der Waals surface area contributed by atoms with Crippen LogP contribution in [-0.4, -0.2) is 70.9 Å². The minimum Gasteiger partial charge on any atom is -0.377 e. The third-order valence-electron chi connectivity index (χ3n) is 7.67. The normalized spacial score (nSPS) is 16.0. The van der Waals surface area contributed by atoms with E-state index in [2.05, 4.69) is 55.4 Å². The molecule has 0 radical (unpaired) electrons. The number of ether oxygens (including phenoxy) is 1. The summed E-state index contributed by atoms with van der Waals surface area (Å²) in [6.45, 7) is 27.5. The molecule has 0 atom stereocenters. The number of nitrogens with zero attached hydrogens (tertiary/aromatic N) is 2. The van der Waals surface area contributed by atoms with E-state index in [9.17, 15) is 14.4 Å². The molecule has 40 heavy (non-hydrogen) atoms. The highest BCUT2D eigenvalue weighted by atomic mass is 32.2. The molecule has 0 unspecified atom stereocenters. The molecule has 234 valence electrons. The molecule has 1 aliphatic heterocycles. The van der Waals surface area contributed by atoms with Crippen molar-refractivity contribution in [3.63, 3.8) is 0 Å². The Morgan fingerprint density at radius 3 is 2.00 bits per heavy atom. The average molecular weight is 583 g/mol. The molecule has 0 aromatic rings. The fourth-order valence-corrected chi connectivity index (χ4v) is 7.70. The second-order valence-electron chi connectivity index (χ2n) is 15.5. The Morgan fingerprint density at radius 2 is 1.50 bits per heavy atom. The summed E-state index contributed by atoms with van der Waals surface area (Å²) in [5, 5.41) is 0.218. The van der Waals surface area contributed by atoms with Crippen molar-refractivity contribution >= 4 is 28.7 Å². The summed E-state index contributed by atoms with van der Waals surface area (Å²) in [5.74, 6) is 1.20. The van der Waals surface area contributed by atoms with Gasteiger partial charge in [0.2, 0.25) is 11.8 Å². The molecule has 0 aliphatic carbocycles. The lowest BCUT2D eigenvalue weighted by Crippen LogP contribution is -2.54. The number of hydrogen-bond acceptors (Lipinski definition) is 5. The standard InChI is InChI=1S/C33H62N2O4S/c1-13-14-21-40-27(36)22-31(7,8)24-33(11,12)29(38)35(19-20-39-25(2)3)26-15-17-34(18-16-26)28(37)32(9,10)23-30(4,5)6/h25-26H,13-24H2,1-12H3. The van der Waals surface area contributed by atoms with Crippen LogP contribution >= 0.6 is 11.8 Å². The van der Waals surface area contributed by atoms with Gasteiger partial charge in [-0.3, -0.25) is 14.4 Å². The van der Waals surface area contributed by atoms with Crippen molar-refractivity contribution in [3.05, 3.63) is 0 Å². The zero-order valence-corrected chi connectivity index (χ0v) is 28.9. The number of piperidine rings is 1. The van der Waals surface area contributed by atoms with Crippen molar-refractivity contribution in [2.45, 2.75) is 140 Å². The van der Waals surface area contributed by atoms with Crippen molar-refractivity contribution in [1.29, 1.82) is 0 Å². The quantitative estimate of drug-likeness (QED) is 0.186. The minimum atomic E-state index is -0.614. The van der Waals surface area contributed by atoms with Crippen molar-refractivity contribution in [3.8, 4) is 0 Å². The third-order valence-corrected chi connectivity index (χ3v) is 8.63. The van der Waals surface area contributed by atoms with Gasteiger partial charge in [-0.2, -0.15) is 0 Å². The summed E-state index contributed by atoms with van der Waals surface area (Å²) < 4.78 is 5.87. The number of likely N-dealkylation sites (tertiary alicyclic amines) is 1. The molecule has 0 aromatic carbocycles. The predicted molar refractivity (Wildman–Crippen MR) is 169 cm³/mol. The van der Waals surface area contributed by atoms with E-state index in [1.54, 1.807) is 0 Å². The van der Waals surface area contributed by atoms with E-state index in [1.807, 2.05) is 37.5 Å². The van der Waals surface area contributed by atoms with Crippen LogP contribution in [0, 0.1) is 21.7 Å². The number of unbranched alkanes of at least 4 members (excludes halogenated alkanes) is 1. The lowest BCUT2D eigenvalue weighted by atomic mass is 9.72. The van der Waals surface area contributed by atoms with Crippen LogP contribution in [0.15, 0.2) is 0 Å². The Bertz CT molecular complexity index is 821. The van der Waals surface area contributed by atoms with Crippen molar-refractivity contribution < 1.29 is 19.1 Å². The van der Waals surface area contributed by atoms with Crippen LogP contribution in [-0.2, 0) is 19.1 Å². The van der Waals surface area contributed by atoms with E-state index in [0.29, 0.717) is 39.1 Å². The van der Waals surface area contributed by atoms with Gasteiger partial charge in [-0.1, -0.05) is 87.4 Å². The van der Waals surface area contributed by atoms with Gasteiger partial charge in [0.05, 0.1) is 12.7 Å². The highest BCUT2D eigenvalue weighted by Crippen LogP contribution is 2.40. The first-order valence-corrected chi connectivity index (χ1v) is 16.6. The molecule has 1 rings (SSSR count). The molecule has 0 aromatic heterocycles. The fraction of sp³-hybridized carbons (Fsp3) is 0.909. The van der Waals surface area contributed by atoms with E-state index >= 15 is 0 Å². The van der Waals surface area contributed by atoms with Crippen molar-refractivity contribution in [2.75, 3.05) is 32.0 Å². The minimum absolute atomic E-state index is 0.0756. The van der Waals surface area contributed by atoms with Crippen molar-refractivity contribution in [1.82, 2.24) is 9.80 Å². The number of amides is 2. The Hall–Kier alpha value is -1.08. The van der Waals surface area contributed by atoms with Gasteiger partial charge in [-0.25, -0.2) is 0 Å². The van der Waals surface area contributed by atoms with Crippen LogP contribution in [0.4, 0.5) is 0 Å². The van der Waals surface area contributed by atoms with Gasteiger partial charge in [0.25, 0.3) is 0 Å². The summed E-state index contributed by atoms with van der Waals surface area (Å²) >= 11 is 1.43. The van der Waals surface area contributed by atoms with E-state index in [1.165, 1.54) is 11.8 Å². The van der Waals surface area contributed by atoms with Gasteiger partial charge in [0.1, 0.15) is 0 Å². The van der Waals surface area contributed by atoms with Crippen LogP contribution in [0.3, 0.4) is 0 Å². The second-order valence-corrected chi connectivity index (χ2v) is 16.7. The molecule has 1 heterocycles. The number of thioether (sulfide) groups is 1. The summed E-state index contributed by atoms with van der Waals surface area (Å²) in [5.41, 5.74) is -1.22. The first-order chi connectivity index (χ1) is 18.2. The molecule has 0 saturated carbocycles. The lowest BCUT2D eigenvalue weighted by molar-refractivity contribution is -0.149. The first kappa shape index (κ1) is 36.9. The zero-order chi connectivity index (χ0) is 30.9. The highest BCUT2D eigenvalue weighted by Gasteiger charge is 2.42. The lowest BCUT2D eigenvalue weighted by Gasteiger charge is -2.44. The smallest absolute Gasteiger partial charge is 0.228 e. The van der Waals surface area contributed by atoms with Crippen molar-refractivity contribution in [2.24, 2.45) is 21.7 Å². The molecule has 1 fully saturated rings. The molecule has 1 saturated heterocycles. The molecule has 7 heteroatoms. The Balaban J connectivity index is 2.97. The average Bonchev–Trinajstić information content (AvgIpc) is 2.78.